The molecular formula is C14H22N2O3Si. The normalized spacial score (nSPS) is 11.8. The monoisotopic (exact) mass is 294 g/mol. The molecular weight excluding hydrogens is 272 g/mol. The van der Waals surface area contributed by atoms with Crippen molar-refractivity contribution in [3.05, 3.63) is 30.1 Å². The fourth-order valence-corrected chi connectivity index (χ4v) is 2.17. The van der Waals surface area contributed by atoms with Crippen molar-refractivity contribution in [3.63, 3.8) is 0 Å². The highest BCUT2D eigenvalue weighted by Crippen LogP contribution is 2.36. The van der Waals surface area contributed by atoms with Gasteiger partial charge < -0.3 is 9.74 Å². The van der Waals surface area contributed by atoms with Crippen LogP contribution in [0.1, 0.15) is 31.1 Å². The van der Waals surface area contributed by atoms with Gasteiger partial charge in [-0.05, 0) is 30.3 Å². The standard InChI is InChI=1S/C14H22N2O3Si/c1-14(2,3)20(4,5)19-12(17)10-16-13(18)11-7-6-8-15-9-11/h6-9H,10H2,1-5H3,(H,16,18). The van der Waals surface area contributed by atoms with Gasteiger partial charge in [-0.25, -0.2) is 0 Å². The molecule has 0 spiro atoms. The Morgan fingerprint density at radius 3 is 2.50 bits per heavy atom. The lowest BCUT2D eigenvalue weighted by Crippen LogP contribution is -2.45. The summed E-state index contributed by atoms with van der Waals surface area (Å²) in [5.74, 6) is -0.723. The second-order valence-electron chi connectivity index (χ2n) is 6.16. The van der Waals surface area contributed by atoms with Gasteiger partial charge in [-0.2, -0.15) is 0 Å². The molecule has 110 valence electrons. The van der Waals surface area contributed by atoms with Crippen LogP contribution in [0.25, 0.3) is 0 Å². The number of carbonyl (C=O) groups is 2. The topological polar surface area (TPSA) is 68.3 Å². The number of pyridine rings is 1. The summed E-state index contributed by atoms with van der Waals surface area (Å²) < 4.78 is 5.56. The van der Waals surface area contributed by atoms with Gasteiger partial charge in [0.2, 0.25) is 0 Å². The van der Waals surface area contributed by atoms with E-state index in [2.05, 4.69) is 31.1 Å². The number of amides is 1. The zero-order valence-corrected chi connectivity index (χ0v) is 13.7. The lowest BCUT2D eigenvalue weighted by atomic mass is 10.2. The van der Waals surface area contributed by atoms with Crippen LogP contribution in [-0.4, -0.2) is 31.7 Å². The number of rotatable bonds is 4. The molecule has 1 N–H and O–H groups in total. The summed E-state index contributed by atoms with van der Waals surface area (Å²) in [5.41, 5.74) is 0.424. The van der Waals surface area contributed by atoms with Gasteiger partial charge in [-0.15, -0.1) is 0 Å². The van der Waals surface area contributed by atoms with Crippen molar-refractivity contribution in [2.24, 2.45) is 0 Å². The van der Waals surface area contributed by atoms with Crippen molar-refractivity contribution in [2.45, 2.75) is 38.9 Å². The fraction of sp³-hybridized carbons (Fsp3) is 0.500. The van der Waals surface area contributed by atoms with Crippen molar-refractivity contribution in [3.8, 4) is 0 Å². The fourth-order valence-electron chi connectivity index (χ4n) is 1.23. The van der Waals surface area contributed by atoms with Gasteiger partial charge in [0.1, 0.15) is 6.54 Å². The first-order chi connectivity index (χ1) is 9.13. The molecule has 0 aliphatic carbocycles. The van der Waals surface area contributed by atoms with Crippen LogP contribution in [0.3, 0.4) is 0 Å². The molecule has 0 atom stereocenters. The summed E-state index contributed by atoms with van der Waals surface area (Å²) in [7, 11) is -2.13. The third-order valence-electron chi connectivity index (χ3n) is 3.49. The molecule has 1 heterocycles. The molecule has 0 saturated heterocycles. The van der Waals surface area contributed by atoms with Crippen LogP contribution in [-0.2, 0) is 9.22 Å². The maximum atomic E-state index is 11.8. The molecule has 0 aliphatic heterocycles. The highest BCUT2D eigenvalue weighted by atomic mass is 28.4. The van der Waals surface area contributed by atoms with Gasteiger partial charge in [0.05, 0.1) is 5.56 Å². The summed E-state index contributed by atoms with van der Waals surface area (Å²) in [5, 5.41) is 2.50. The van der Waals surface area contributed by atoms with E-state index >= 15 is 0 Å². The minimum Gasteiger partial charge on any atom is -0.518 e. The molecule has 1 aromatic rings. The Morgan fingerprint density at radius 2 is 2.00 bits per heavy atom. The van der Waals surface area contributed by atoms with Crippen molar-refractivity contribution in [1.29, 1.82) is 0 Å². The van der Waals surface area contributed by atoms with Crippen LogP contribution in [0, 0.1) is 0 Å². The largest absolute Gasteiger partial charge is 0.518 e. The molecule has 20 heavy (non-hydrogen) atoms. The van der Waals surface area contributed by atoms with Crippen LogP contribution < -0.4 is 5.32 Å². The maximum absolute atomic E-state index is 11.8. The molecule has 1 rings (SSSR count). The van der Waals surface area contributed by atoms with E-state index in [0.29, 0.717) is 5.56 Å². The minimum atomic E-state index is -2.13. The zero-order valence-electron chi connectivity index (χ0n) is 12.7. The molecule has 0 saturated carbocycles. The Labute approximate surface area is 120 Å². The third-order valence-corrected chi connectivity index (χ3v) is 7.84. The predicted octanol–water partition coefficient (Wildman–Crippen LogP) is 2.36. The number of aromatic nitrogens is 1. The number of nitrogens with one attached hydrogen (secondary N) is 1. The van der Waals surface area contributed by atoms with Gasteiger partial charge >= 0.3 is 5.97 Å². The summed E-state index contributed by atoms with van der Waals surface area (Å²) in [6.07, 6.45) is 3.04. The average molecular weight is 294 g/mol. The minimum absolute atomic E-state index is 0.0456. The van der Waals surface area contributed by atoms with E-state index in [1.165, 1.54) is 6.20 Å². The van der Waals surface area contributed by atoms with Crippen molar-refractivity contribution in [1.82, 2.24) is 10.3 Å². The number of carbonyl (C=O) groups excluding carboxylic acids is 2. The lowest BCUT2D eigenvalue weighted by molar-refractivity contribution is -0.134. The predicted molar refractivity (Wildman–Crippen MR) is 79.9 cm³/mol. The van der Waals surface area contributed by atoms with Crippen LogP contribution in [0.15, 0.2) is 24.5 Å². The average Bonchev–Trinajstić information content (AvgIpc) is 2.35. The SMILES string of the molecule is CC(C)(C)[Si](C)(C)OC(=O)CNC(=O)c1cccnc1. The molecule has 5 nitrogen and oxygen atoms in total. The molecule has 1 aromatic heterocycles. The first-order valence-electron chi connectivity index (χ1n) is 6.53. The van der Waals surface area contributed by atoms with E-state index in [1.807, 2.05) is 13.1 Å². The lowest BCUT2D eigenvalue weighted by Gasteiger charge is -2.35. The van der Waals surface area contributed by atoms with Crippen molar-refractivity contribution >= 4 is 20.2 Å². The second kappa shape index (κ2) is 6.17. The molecule has 0 unspecified atom stereocenters. The van der Waals surface area contributed by atoms with Crippen LogP contribution >= 0.6 is 0 Å². The van der Waals surface area contributed by atoms with E-state index in [9.17, 15) is 9.59 Å². The first-order valence-corrected chi connectivity index (χ1v) is 9.44. The molecule has 1 amide bonds. The molecule has 0 aromatic carbocycles. The van der Waals surface area contributed by atoms with Gasteiger partial charge in [-0.3, -0.25) is 14.6 Å². The summed E-state index contributed by atoms with van der Waals surface area (Å²) in [6.45, 7) is 10.0. The van der Waals surface area contributed by atoms with E-state index in [-0.39, 0.29) is 17.5 Å². The third kappa shape index (κ3) is 4.45. The zero-order chi connectivity index (χ0) is 15.4. The maximum Gasteiger partial charge on any atom is 0.312 e. The second-order valence-corrected chi connectivity index (χ2v) is 10.9. The Balaban J connectivity index is 2.51. The molecule has 0 fully saturated rings. The van der Waals surface area contributed by atoms with E-state index < -0.39 is 14.3 Å². The highest BCUT2D eigenvalue weighted by Gasteiger charge is 2.40. The van der Waals surface area contributed by atoms with E-state index in [1.54, 1.807) is 18.3 Å². The van der Waals surface area contributed by atoms with Crippen LogP contribution in [0.5, 0.6) is 0 Å². The smallest absolute Gasteiger partial charge is 0.312 e. The Morgan fingerprint density at radius 1 is 1.35 bits per heavy atom. The molecule has 0 radical (unpaired) electrons. The van der Waals surface area contributed by atoms with Crippen LogP contribution in [0.4, 0.5) is 0 Å². The van der Waals surface area contributed by atoms with Crippen molar-refractivity contribution < 1.29 is 14.0 Å². The van der Waals surface area contributed by atoms with Gasteiger partial charge in [0.25, 0.3) is 14.2 Å². The van der Waals surface area contributed by atoms with Crippen molar-refractivity contribution in [2.75, 3.05) is 6.54 Å². The Hall–Kier alpha value is -1.69. The quantitative estimate of drug-likeness (QED) is 0.866. The van der Waals surface area contributed by atoms with Crippen LogP contribution in [0.2, 0.25) is 18.1 Å². The summed E-state index contributed by atoms with van der Waals surface area (Å²) in [6, 6.07) is 3.31. The number of nitrogens with zero attached hydrogens (tertiary/aromatic N) is 1. The van der Waals surface area contributed by atoms with E-state index in [0.717, 1.165) is 0 Å². The summed E-state index contributed by atoms with van der Waals surface area (Å²) in [4.78, 5) is 27.4. The van der Waals surface area contributed by atoms with E-state index in [4.69, 9.17) is 4.43 Å². The Bertz CT molecular complexity index is 481. The van der Waals surface area contributed by atoms with Gasteiger partial charge in [0, 0.05) is 12.4 Å². The number of hydrogen-bond acceptors (Lipinski definition) is 4. The first kappa shape index (κ1) is 16.4. The summed E-state index contributed by atoms with van der Waals surface area (Å²) >= 11 is 0. The molecule has 6 heteroatoms. The highest BCUT2D eigenvalue weighted by molar-refractivity contribution is 6.75. The number of hydrogen-bond donors (Lipinski definition) is 1. The Kier molecular flexibility index (Phi) is 5.05. The van der Waals surface area contributed by atoms with Gasteiger partial charge in [-0.1, -0.05) is 20.8 Å². The molecule has 0 aliphatic rings. The molecule has 0 bridgehead atoms. The van der Waals surface area contributed by atoms with Gasteiger partial charge in [0.15, 0.2) is 0 Å².